The number of carbonyl (C=O) groups is 2. The molecule has 2 amide bonds. The molecule has 3 aliphatic rings. The predicted molar refractivity (Wildman–Crippen MR) is 113 cm³/mol. The van der Waals surface area contributed by atoms with Gasteiger partial charge in [-0.3, -0.25) is 9.59 Å². The fourth-order valence-corrected chi connectivity index (χ4v) is 6.45. The van der Waals surface area contributed by atoms with Gasteiger partial charge in [-0.25, -0.2) is 0 Å². The number of likely N-dealkylation sites (N-methyl/N-ethyl adjacent to an activating group) is 1. The van der Waals surface area contributed by atoms with E-state index in [9.17, 15) is 9.59 Å². The summed E-state index contributed by atoms with van der Waals surface area (Å²) in [4.78, 5) is 30.8. The van der Waals surface area contributed by atoms with E-state index in [1.165, 1.54) is 37.0 Å². The highest BCUT2D eigenvalue weighted by Crippen LogP contribution is 2.37. The topological polar surface area (TPSA) is 52.7 Å². The average molecular weight is 404 g/mol. The van der Waals surface area contributed by atoms with Gasteiger partial charge in [-0.2, -0.15) is 0 Å². The van der Waals surface area contributed by atoms with Gasteiger partial charge in [0, 0.05) is 35.9 Å². The second kappa shape index (κ2) is 8.95. The molecule has 0 bridgehead atoms. The summed E-state index contributed by atoms with van der Waals surface area (Å²) in [5.74, 6) is 1.65. The number of hydrogen-bond acceptors (Lipinski definition) is 4. The minimum atomic E-state index is 0.190. The molecule has 6 heteroatoms. The molecule has 154 valence electrons. The number of likely N-dealkylation sites (tertiary alicyclic amines) is 2. The summed E-state index contributed by atoms with van der Waals surface area (Å²) in [5, 5.41) is 5.02. The minimum absolute atomic E-state index is 0.190. The molecule has 3 heterocycles. The van der Waals surface area contributed by atoms with Gasteiger partial charge < -0.3 is 15.1 Å². The van der Waals surface area contributed by atoms with Crippen molar-refractivity contribution in [3.63, 3.8) is 0 Å². The first-order chi connectivity index (χ1) is 13.7. The lowest BCUT2D eigenvalue weighted by Gasteiger charge is -2.44. The Balaban J connectivity index is 1.38. The highest BCUT2D eigenvalue weighted by molar-refractivity contribution is 7.10. The van der Waals surface area contributed by atoms with Crippen molar-refractivity contribution in [2.75, 3.05) is 33.2 Å². The van der Waals surface area contributed by atoms with Gasteiger partial charge in [-0.05, 0) is 63.5 Å². The van der Waals surface area contributed by atoms with Gasteiger partial charge in [0.05, 0.1) is 12.1 Å². The SMILES string of the molecule is CNCC(=O)N1CCC(c2cc(C(=O)N3CCCC4CCCCC43)cs2)CC1. The molecule has 4 rings (SSSR count). The Morgan fingerprint density at radius 1 is 1.07 bits per heavy atom. The van der Waals surface area contributed by atoms with Crippen molar-refractivity contribution in [2.24, 2.45) is 5.92 Å². The van der Waals surface area contributed by atoms with Gasteiger partial charge in [0.25, 0.3) is 5.91 Å². The molecule has 5 nitrogen and oxygen atoms in total. The first-order valence-electron chi connectivity index (χ1n) is 11.0. The molecule has 0 radical (unpaired) electrons. The smallest absolute Gasteiger partial charge is 0.254 e. The lowest BCUT2D eigenvalue weighted by molar-refractivity contribution is -0.131. The summed E-state index contributed by atoms with van der Waals surface area (Å²) < 4.78 is 0. The van der Waals surface area contributed by atoms with Crippen LogP contribution in [0.15, 0.2) is 11.4 Å². The van der Waals surface area contributed by atoms with Gasteiger partial charge in [-0.15, -0.1) is 11.3 Å². The maximum atomic E-state index is 13.2. The van der Waals surface area contributed by atoms with Crippen LogP contribution in [0.5, 0.6) is 0 Å². The van der Waals surface area contributed by atoms with Crippen molar-refractivity contribution in [3.8, 4) is 0 Å². The molecular weight excluding hydrogens is 370 g/mol. The zero-order valence-electron chi connectivity index (χ0n) is 17.0. The van der Waals surface area contributed by atoms with Crippen LogP contribution in [0.1, 0.15) is 72.5 Å². The number of hydrogen-bond donors (Lipinski definition) is 1. The first-order valence-corrected chi connectivity index (χ1v) is 11.9. The molecular formula is C22H33N3O2S. The van der Waals surface area contributed by atoms with Crippen LogP contribution in [0.2, 0.25) is 0 Å². The number of amides is 2. The Bertz CT molecular complexity index is 694. The molecule has 2 saturated heterocycles. The molecule has 1 aliphatic carbocycles. The molecule has 0 aromatic carbocycles. The number of thiophene rings is 1. The van der Waals surface area contributed by atoms with E-state index in [2.05, 4.69) is 21.7 Å². The second-order valence-electron chi connectivity index (χ2n) is 8.68. The summed E-state index contributed by atoms with van der Waals surface area (Å²) in [6.07, 6.45) is 9.54. The number of nitrogens with zero attached hydrogens (tertiary/aromatic N) is 2. The van der Waals surface area contributed by atoms with E-state index in [4.69, 9.17) is 0 Å². The molecule has 1 N–H and O–H groups in total. The molecule has 28 heavy (non-hydrogen) atoms. The van der Waals surface area contributed by atoms with Gasteiger partial charge in [0.1, 0.15) is 0 Å². The van der Waals surface area contributed by atoms with Crippen molar-refractivity contribution >= 4 is 23.2 Å². The standard InChI is InChI=1S/C22H33N3O2S/c1-23-14-21(26)24-11-8-17(9-12-24)20-13-18(15-28-20)22(27)25-10-4-6-16-5-2-3-7-19(16)25/h13,15-17,19,23H,2-12,14H2,1H3. The molecule has 2 aliphatic heterocycles. The van der Waals surface area contributed by atoms with Crippen LogP contribution in [0.25, 0.3) is 0 Å². The monoisotopic (exact) mass is 403 g/mol. The molecule has 0 spiro atoms. The van der Waals surface area contributed by atoms with Gasteiger partial charge >= 0.3 is 0 Å². The fraction of sp³-hybridized carbons (Fsp3) is 0.727. The first kappa shape index (κ1) is 19.9. The largest absolute Gasteiger partial charge is 0.342 e. The molecule has 2 atom stereocenters. The van der Waals surface area contributed by atoms with Crippen molar-refractivity contribution in [2.45, 2.75) is 63.3 Å². The van der Waals surface area contributed by atoms with Crippen molar-refractivity contribution in [3.05, 3.63) is 21.9 Å². The third-order valence-corrected chi connectivity index (χ3v) is 8.04. The van der Waals surface area contributed by atoms with E-state index in [1.807, 2.05) is 11.9 Å². The van der Waals surface area contributed by atoms with Crippen LogP contribution in [0.3, 0.4) is 0 Å². The van der Waals surface area contributed by atoms with Crippen LogP contribution in [0.4, 0.5) is 0 Å². The Morgan fingerprint density at radius 3 is 2.61 bits per heavy atom. The lowest BCUT2D eigenvalue weighted by Crippen LogP contribution is -2.49. The lowest BCUT2D eigenvalue weighted by atomic mass is 9.78. The van der Waals surface area contributed by atoms with E-state index >= 15 is 0 Å². The predicted octanol–water partition coefficient (Wildman–Crippen LogP) is 3.47. The summed E-state index contributed by atoms with van der Waals surface area (Å²) in [6, 6.07) is 2.62. The highest BCUT2D eigenvalue weighted by Gasteiger charge is 2.36. The van der Waals surface area contributed by atoms with Gasteiger partial charge in [0.2, 0.25) is 5.91 Å². The third kappa shape index (κ3) is 4.13. The molecule has 1 saturated carbocycles. The summed E-state index contributed by atoms with van der Waals surface area (Å²) in [7, 11) is 1.81. The highest BCUT2D eigenvalue weighted by atomic mass is 32.1. The zero-order valence-corrected chi connectivity index (χ0v) is 17.8. The van der Waals surface area contributed by atoms with E-state index in [0.29, 0.717) is 18.5 Å². The van der Waals surface area contributed by atoms with Crippen LogP contribution in [0, 0.1) is 5.92 Å². The zero-order chi connectivity index (χ0) is 19.5. The van der Waals surface area contributed by atoms with Crippen LogP contribution < -0.4 is 5.32 Å². The Morgan fingerprint density at radius 2 is 1.82 bits per heavy atom. The quantitative estimate of drug-likeness (QED) is 0.838. The molecule has 1 aromatic rings. The van der Waals surface area contributed by atoms with E-state index in [0.717, 1.165) is 50.4 Å². The van der Waals surface area contributed by atoms with E-state index < -0.39 is 0 Å². The van der Waals surface area contributed by atoms with Crippen LogP contribution in [-0.2, 0) is 4.79 Å². The Labute approximate surface area is 172 Å². The minimum Gasteiger partial charge on any atom is -0.342 e. The number of nitrogens with one attached hydrogen (secondary N) is 1. The summed E-state index contributed by atoms with van der Waals surface area (Å²) >= 11 is 1.73. The number of piperidine rings is 2. The van der Waals surface area contributed by atoms with Crippen molar-refractivity contribution < 1.29 is 9.59 Å². The fourth-order valence-electron chi connectivity index (χ4n) is 5.40. The third-order valence-electron chi connectivity index (χ3n) is 6.95. The Hall–Kier alpha value is -1.40. The second-order valence-corrected chi connectivity index (χ2v) is 9.62. The van der Waals surface area contributed by atoms with Crippen LogP contribution >= 0.6 is 11.3 Å². The van der Waals surface area contributed by atoms with Crippen molar-refractivity contribution in [1.29, 1.82) is 0 Å². The van der Waals surface area contributed by atoms with Gasteiger partial charge in [-0.1, -0.05) is 12.8 Å². The maximum absolute atomic E-state index is 13.2. The van der Waals surface area contributed by atoms with E-state index in [1.54, 1.807) is 11.3 Å². The molecule has 2 unspecified atom stereocenters. The Kier molecular flexibility index (Phi) is 6.36. The van der Waals surface area contributed by atoms with Gasteiger partial charge in [0.15, 0.2) is 0 Å². The number of rotatable bonds is 4. The summed E-state index contributed by atoms with van der Waals surface area (Å²) in [6.45, 7) is 2.99. The van der Waals surface area contributed by atoms with E-state index in [-0.39, 0.29) is 11.8 Å². The average Bonchev–Trinajstić information content (AvgIpc) is 3.23. The number of carbonyl (C=O) groups excluding carboxylic acids is 2. The normalized spacial score (nSPS) is 26.2. The molecule has 1 aromatic heterocycles. The number of fused-ring (bicyclic) bond motifs is 1. The van der Waals surface area contributed by atoms with Crippen molar-refractivity contribution in [1.82, 2.24) is 15.1 Å². The molecule has 3 fully saturated rings. The maximum Gasteiger partial charge on any atom is 0.254 e. The summed E-state index contributed by atoms with van der Waals surface area (Å²) in [5.41, 5.74) is 0.889. The van der Waals surface area contributed by atoms with Crippen LogP contribution in [-0.4, -0.2) is 60.9 Å².